The van der Waals surface area contributed by atoms with Gasteiger partial charge in [-0.15, -0.1) is 0 Å². The molecule has 2 heteroatoms. The molecule has 16 heavy (non-hydrogen) atoms. The van der Waals surface area contributed by atoms with Gasteiger partial charge in [-0.2, -0.15) is 0 Å². The Balaban J connectivity index is 2.68. The zero-order chi connectivity index (χ0) is 11.7. The second kappa shape index (κ2) is 4.66. The molecule has 0 aliphatic heterocycles. The molecule has 0 spiro atoms. The van der Waals surface area contributed by atoms with Gasteiger partial charge < -0.3 is 0 Å². The van der Waals surface area contributed by atoms with Crippen LogP contribution in [0.3, 0.4) is 0 Å². The highest BCUT2D eigenvalue weighted by atomic mass is 31.0. The zero-order valence-electron chi connectivity index (χ0n) is 10.2. The molecule has 82 valence electrons. The van der Waals surface area contributed by atoms with E-state index in [0.29, 0.717) is 0 Å². The maximum absolute atomic E-state index is 2.25. The van der Waals surface area contributed by atoms with Crippen molar-refractivity contribution in [2.45, 2.75) is 27.7 Å². The topological polar surface area (TPSA) is 0 Å². The largest absolute Gasteiger partial charge is 0.0674 e. The van der Waals surface area contributed by atoms with E-state index in [0.717, 1.165) is 0 Å². The van der Waals surface area contributed by atoms with Crippen LogP contribution in [0.25, 0.3) is 10.6 Å². The molecule has 0 bridgehead atoms. The Labute approximate surface area is 101 Å². The third-order valence-corrected chi connectivity index (χ3v) is 5.83. The molecule has 0 amide bonds. The van der Waals surface area contributed by atoms with Crippen molar-refractivity contribution in [1.29, 1.82) is 0 Å². The van der Waals surface area contributed by atoms with E-state index in [9.17, 15) is 0 Å². The van der Waals surface area contributed by atoms with Gasteiger partial charge >= 0.3 is 0 Å². The summed E-state index contributed by atoms with van der Waals surface area (Å²) in [6.07, 6.45) is 0. The van der Waals surface area contributed by atoms with E-state index in [-0.39, 0.29) is 0 Å². The minimum atomic E-state index is 1.33. The van der Waals surface area contributed by atoms with Gasteiger partial charge in [-0.3, -0.25) is 0 Å². The maximum Gasteiger partial charge on any atom is 0.0171 e. The van der Waals surface area contributed by atoms with Gasteiger partial charge in [0.15, 0.2) is 0 Å². The van der Waals surface area contributed by atoms with E-state index < -0.39 is 0 Å². The molecule has 0 nitrogen and oxygen atoms in total. The van der Waals surface area contributed by atoms with E-state index >= 15 is 0 Å². The fraction of sp³-hybridized carbons (Fsp3) is 0.286. The summed E-state index contributed by atoms with van der Waals surface area (Å²) in [7, 11) is 2.72. The Kier molecular flexibility index (Phi) is 3.43. The van der Waals surface area contributed by atoms with Crippen LogP contribution in [0.4, 0.5) is 0 Å². The first kappa shape index (κ1) is 11.8. The SMILES string of the molecule is Cc1pc(-c2ccccp2)c(C)c(C)c1C. The molecular formula is C14H16P2. The van der Waals surface area contributed by atoms with E-state index in [1.165, 1.54) is 49.0 Å². The van der Waals surface area contributed by atoms with Gasteiger partial charge in [-0.05, 0) is 61.5 Å². The Hall–Kier alpha value is -0.700. The molecule has 2 aromatic heterocycles. The molecule has 2 rings (SSSR count). The lowest BCUT2D eigenvalue weighted by molar-refractivity contribution is 1.27. The number of aryl methyl sites for hydroxylation is 1. The van der Waals surface area contributed by atoms with Crippen molar-refractivity contribution in [3.05, 3.63) is 46.0 Å². The van der Waals surface area contributed by atoms with Crippen LogP contribution in [-0.4, -0.2) is 0 Å². The molecule has 0 saturated carbocycles. The Morgan fingerprint density at radius 3 is 2.25 bits per heavy atom. The molecule has 0 N–H and O–H groups in total. The van der Waals surface area contributed by atoms with Crippen LogP contribution in [0.15, 0.2) is 24.0 Å². The van der Waals surface area contributed by atoms with Gasteiger partial charge in [-0.1, -0.05) is 28.5 Å². The number of rotatable bonds is 1. The molecule has 0 unspecified atom stereocenters. The van der Waals surface area contributed by atoms with Crippen LogP contribution in [0.1, 0.15) is 22.0 Å². The Bertz CT molecular complexity index is 516. The van der Waals surface area contributed by atoms with Crippen molar-refractivity contribution in [2.24, 2.45) is 0 Å². The fourth-order valence-electron chi connectivity index (χ4n) is 1.82. The van der Waals surface area contributed by atoms with Gasteiger partial charge in [0.25, 0.3) is 0 Å². The second-order valence-corrected chi connectivity index (χ2v) is 6.52. The minimum Gasteiger partial charge on any atom is -0.0674 e. The molecule has 0 aliphatic carbocycles. The van der Waals surface area contributed by atoms with Crippen LogP contribution in [0.5, 0.6) is 0 Å². The summed E-state index contributed by atoms with van der Waals surface area (Å²) in [4.78, 5) is 0. The maximum atomic E-state index is 2.25. The molecule has 2 heterocycles. The van der Waals surface area contributed by atoms with Crippen molar-refractivity contribution in [3.8, 4) is 10.6 Å². The summed E-state index contributed by atoms with van der Waals surface area (Å²) in [5.74, 6) is 2.21. The van der Waals surface area contributed by atoms with Crippen molar-refractivity contribution < 1.29 is 0 Å². The molecule has 0 radical (unpaired) electrons. The highest BCUT2D eigenvalue weighted by molar-refractivity contribution is 7.40. The van der Waals surface area contributed by atoms with Gasteiger partial charge in [0.2, 0.25) is 0 Å². The van der Waals surface area contributed by atoms with Gasteiger partial charge in [0.05, 0.1) is 0 Å². The zero-order valence-corrected chi connectivity index (χ0v) is 12.0. The number of hydrogen-bond acceptors (Lipinski definition) is 0. The van der Waals surface area contributed by atoms with Crippen LogP contribution in [0, 0.1) is 27.7 Å². The van der Waals surface area contributed by atoms with Crippen LogP contribution in [-0.2, 0) is 0 Å². The molecular weight excluding hydrogens is 230 g/mol. The molecule has 0 aromatic carbocycles. The average molecular weight is 246 g/mol. The van der Waals surface area contributed by atoms with E-state index in [4.69, 9.17) is 0 Å². The first-order chi connectivity index (χ1) is 7.61. The van der Waals surface area contributed by atoms with Crippen molar-refractivity contribution in [1.82, 2.24) is 0 Å². The van der Waals surface area contributed by atoms with E-state index in [2.05, 4.69) is 51.7 Å². The summed E-state index contributed by atoms with van der Waals surface area (Å²) in [5, 5.41) is 4.44. The third-order valence-electron chi connectivity index (χ3n) is 3.21. The smallest absolute Gasteiger partial charge is 0.0171 e. The molecule has 0 saturated heterocycles. The van der Waals surface area contributed by atoms with E-state index in [1.807, 2.05) is 0 Å². The minimum absolute atomic E-state index is 1.33. The van der Waals surface area contributed by atoms with Crippen molar-refractivity contribution >= 4 is 16.4 Å². The normalized spacial score (nSPS) is 11.5. The summed E-state index contributed by atoms with van der Waals surface area (Å²) in [6, 6.07) is 6.50. The predicted molar refractivity (Wildman–Crippen MR) is 75.9 cm³/mol. The van der Waals surface area contributed by atoms with E-state index in [1.54, 1.807) is 0 Å². The molecule has 2 aromatic rings. The first-order valence-electron chi connectivity index (χ1n) is 5.47. The summed E-state index contributed by atoms with van der Waals surface area (Å²) in [5.41, 5.74) is 4.39. The highest BCUT2D eigenvalue weighted by Crippen LogP contribution is 2.40. The van der Waals surface area contributed by atoms with Crippen LogP contribution < -0.4 is 0 Å². The second-order valence-electron chi connectivity index (χ2n) is 4.14. The average Bonchev–Trinajstić information content (AvgIpc) is 2.32. The summed E-state index contributed by atoms with van der Waals surface area (Å²) in [6.45, 7) is 8.97. The summed E-state index contributed by atoms with van der Waals surface area (Å²) >= 11 is 0. The third kappa shape index (κ3) is 2.05. The van der Waals surface area contributed by atoms with Gasteiger partial charge in [-0.25, -0.2) is 0 Å². The lowest BCUT2D eigenvalue weighted by atomic mass is 10.1. The molecule has 0 atom stereocenters. The fourth-order valence-corrected chi connectivity index (χ4v) is 4.14. The quantitative estimate of drug-likeness (QED) is 0.601. The van der Waals surface area contributed by atoms with Gasteiger partial charge in [0.1, 0.15) is 0 Å². The molecule has 0 fully saturated rings. The standard InChI is InChI=1S/C14H16P2/c1-9-10(2)12(4)16-14(11(9)3)13-7-5-6-8-15-13/h5-8H,1-4H3. The molecule has 0 aliphatic rings. The van der Waals surface area contributed by atoms with Crippen molar-refractivity contribution in [3.63, 3.8) is 0 Å². The Morgan fingerprint density at radius 2 is 1.62 bits per heavy atom. The van der Waals surface area contributed by atoms with Gasteiger partial charge in [0, 0.05) is 10.6 Å². The first-order valence-corrected chi connectivity index (χ1v) is 7.33. The summed E-state index contributed by atoms with van der Waals surface area (Å²) < 4.78 is 0. The highest BCUT2D eigenvalue weighted by Gasteiger charge is 2.09. The lowest BCUT2D eigenvalue weighted by Crippen LogP contribution is -1.89. The Morgan fingerprint density at radius 1 is 0.875 bits per heavy atom. The lowest BCUT2D eigenvalue weighted by Gasteiger charge is -2.13. The van der Waals surface area contributed by atoms with Crippen LogP contribution in [0.2, 0.25) is 0 Å². The van der Waals surface area contributed by atoms with Crippen LogP contribution >= 0.6 is 16.4 Å². The predicted octanol–water partition coefficient (Wildman–Crippen LogP) is 5.75. The van der Waals surface area contributed by atoms with Crippen molar-refractivity contribution in [2.75, 3.05) is 0 Å². The monoisotopic (exact) mass is 246 g/mol. The number of hydrogen-bond donors (Lipinski definition) is 0.